The third-order valence-corrected chi connectivity index (χ3v) is 8.99. The van der Waals surface area contributed by atoms with Gasteiger partial charge < -0.3 is 29.2 Å². The second kappa shape index (κ2) is 46.2. The Morgan fingerprint density at radius 2 is 1.12 bits per heavy atom. The van der Waals surface area contributed by atoms with Crippen LogP contribution in [-0.2, 0) is 386 Å². The molecule has 2 aliphatic rings. The number of benzene rings is 2. The number of nitrogens with zero attached hydrogens (tertiary/aromatic N) is 2. The van der Waals surface area contributed by atoms with Crippen molar-refractivity contribution in [2.24, 2.45) is 12.5 Å². The van der Waals surface area contributed by atoms with Crippen LogP contribution in [0.1, 0.15) is 54.0 Å². The normalized spacial score (nSPS) is 13.0. The molecule has 2 heterocycles. The second-order valence-corrected chi connectivity index (χ2v) is 12.5. The van der Waals surface area contributed by atoms with Gasteiger partial charge in [-0.05, 0) is 35.5 Å². The van der Waals surface area contributed by atoms with E-state index in [1.165, 1.54) is 53.1 Å². The molecule has 0 radical (unpaired) electrons. The Balaban J connectivity index is -0.0000000669. The van der Waals surface area contributed by atoms with Crippen LogP contribution in [-0.4, -0.2) is 7.05 Å². The summed E-state index contributed by atoms with van der Waals surface area (Å²) in [4.78, 5) is 3.56. The van der Waals surface area contributed by atoms with Crippen LogP contribution in [0.3, 0.4) is 0 Å². The predicted molar refractivity (Wildman–Crippen MR) is 145 cm³/mol. The Labute approximate surface area is 579 Å². The molecule has 0 atom stereocenters. The minimum Gasteiger partial charge on any atom is -0.386 e. The van der Waals surface area contributed by atoms with Crippen LogP contribution in [0.2, 0.25) is 0 Å². The fourth-order valence-corrected chi connectivity index (χ4v) is 7.60. The summed E-state index contributed by atoms with van der Waals surface area (Å²) in [5.74, 6) is 0. The van der Waals surface area contributed by atoms with Crippen LogP contribution in [0.25, 0.3) is 16.3 Å². The van der Waals surface area contributed by atoms with E-state index >= 15 is 0 Å². The summed E-state index contributed by atoms with van der Waals surface area (Å²) >= 11 is 3.66. The number of fused-ring (bicyclic) bond motifs is 2. The molecule has 1 aliphatic carbocycles. The van der Waals surface area contributed by atoms with Gasteiger partial charge in [0.2, 0.25) is 5.01 Å². The molecule has 2 nitrogen and oxygen atoms in total. The zero-order valence-electron chi connectivity index (χ0n) is 28.7. The second-order valence-electron chi connectivity index (χ2n) is 10.5. The van der Waals surface area contributed by atoms with Crippen molar-refractivity contribution >= 4 is 45.1 Å². The summed E-state index contributed by atoms with van der Waals surface area (Å²) in [6.07, 6.45) is 9.31. The number of aromatic nitrogens is 1. The van der Waals surface area contributed by atoms with E-state index in [0.717, 1.165) is 24.0 Å². The van der Waals surface area contributed by atoms with Crippen LogP contribution >= 0.6 is 23.1 Å². The third kappa shape index (κ3) is 27.0. The molecule has 22 heteroatoms. The van der Waals surface area contributed by atoms with E-state index in [4.69, 9.17) is 0 Å². The monoisotopic (exact) mass is 3790 g/mol. The summed E-state index contributed by atoms with van der Waals surface area (Å²) < 4.78 is 3.52. The van der Waals surface area contributed by atoms with Crippen molar-refractivity contribution in [1.29, 1.82) is 0 Å². The van der Waals surface area contributed by atoms with Crippen molar-refractivity contribution in [3.63, 3.8) is 0 Å². The molecule has 0 spiro atoms. The fraction of sp³-hybridized carbons (Fsp3) is 0.367. The Kier molecular flexibility index (Phi) is 89.0. The van der Waals surface area contributed by atoms with Gasteiger partial charge >= 0.3 is 0 Å². The summed E-state index contributed by atoms with van der Waals surface area (Å²) in [6.45, 7) is 13.2. The van der Waals surface area contributed by atoms with Crippen LogP contribution in [0.4, 0.5) is 5.69 Å². The first-order valence-electron chi connectivity index (χ1n) is 11.8. The topological polar surface area (TPSA) is 7.12 Å². The van der Waals surface area contributed by atoms with E-state index in [1.807, 2.05) is 23.1 Å². The molecule has 3 aromatic rings. The van der Waals surface area contributed by atoms with Crippen LogP contribution < -0.4 is 9.47 Å². The van der Waals surface area contributed by atoms with Gasteiger partial charge in [-0.15, -0.1) is 16.0 Å². The van der Waals surface area contributed by atoms with Crippen LogP contribution in [0, 0.1) is 57.4 Å². The van der Waals surface area contributed by atoms with Gasteiger partial charge in [0.25, 0.3) is 0 Å². The number of aryl methyl sites for hydroxylation is 5. The molecular weight excluding hydrogens is 3760 g/mol. The van der Waals surface area contributed by atoms with Crippen molar-refractivity contribution in [2.45, 2.75) is 59.3 Å². The number of rotatable bonds is 2. The maximum atomic E-state index is 3.50. The van der Waals surface area contributed by atoms with Crippen molar-refractivity contribution in [2.75, 3.05) is 11.9 Å². The molecule has 52 heavy (non-hydrogen) atoms. The maximum Gasteiger partial charge on any atom is 0.237 e. The molecule has 0 bridgehead atoms. The Morgan fingerprint density at radius 1 is 0.654 bits per heavy atom. The zero-order chi connectivity index (χ0) is 24.4. The molecule has 0 N–H and O–H groups in total. The van der Waals surface area contributed by atoms with Gasteiger partial charge in [-0.1, -0.05) is 47.6 Å². The number of thiazole rings is 1. The van der Waals surface area contributed by atoms with Gasteiger partial charge in [-0.25, -0.2) is 17.3 Å². The van der Waals surface area contributed by atoms with Crippen molar-refractivity contribution < 1.29 is 384 Å². The molecule has 0 saturated heterocycles. The van der Waals surface area contributed by atoms with Gasteiger partial charge in [-0.2, -0.15) is 10.6 Å². The number of hydrogen-bond donors (Lipinski definition) is 0. The van der Waals surface area contributed by atoms with Crippen molar-refractivity contribution in [3.8, 4) is 0 Å². The van der Waals surface area contributed by atoms with Crippen LogP contribution in [0.15, 0.2) is 33.2 Å². The molecule has 0 fully saturated rings. The Morgan fingerprint density at radius 3 is 1.62 bits per heavy atom. The van der Waals surface area contributed by atoms with E-state index in [-0.39, 0.29) is 385 Å². The predicted octanol–water partition coefficient (Wildman–Crippen LogP) is 7.33. The molecule has 1 aromatic heterocycles. The SMILES string of the molecule is Cc1[c-]c(C)c2c([c-]1)N(C)/C(=C/C1=CC(=C/c3sc4[c-]c(C)[c-]c(C)c4[n+]3C)/CC(C)(C)C1)S2.[W].[W].[W].[W].[W].[W].[W].[W].[W].[W].[W].[W].[W].[W].[W].[W].[W].[W]. The van der Waals surface area contributed by atoms with E-state index in [0.29, 0.717) is 0 Å². The first-order chi connectivity index (χ1) is 16.0. The third-order valence-electron chi connectivity index (χ3n) is 6.58. The average molecular weight is 3790 g/mol. The number of thioether (sulfide) groups is 1. The molecule has 1 aliphatic heterocycles. The minimum atomic E-state index is 0. The molecule has 5 rings (SSSR count). The summed E-state index contributed by atoms with van der Waals surface area (Å²) in [6, 6.07) is 13.9. The van der Waals surface area contributed by atoms with Crippen molar-refractivity contribution in [1.82, 2.24) is 0 Å². The Hall–Kier alpha value is 10.1. The standard InChI is InChI=1S/C30H31N2S2.18W/c1-18-10-21(4)29-24(11-18)31(7)26(34-29)14-22-13-23(17-30(5,6)16-22)15-27-32(8)28-20(3)9-19(2)12-25(28)33-27;;;;;;;;;;;;;;;;;;/h13-15H,16-17H2,1-8H3;;;;;;;;;;;;;;;;;;/q-3;;;;;;;;;;;;;;;;;;. The van der Waals surface area contributed by atoms with E-state index in [1.54, 1.807) is 0 Å². The Bertz CT molecular complexity index is 1460. The first kappa shape index (κ1) is 100. The molecule has 284 valence electrons. The fourth-order valence-electron chi connectivity index (χ4n) is 5.22. The van der Waals surface area contributed by atoms with Gasteiger partial charge in [0.1, 0.15) is 7.05 Å². The zero-order valence-corrected chi connectivity index (χ0v) is 83.1. The summed E-state index contributed by atoms with van der Waals surface area (Å²) in [7, 11) is 4.31. The first-order valence-corrected chi connectivity index (χ1v) is 13.4. The van der Waals surface area contributed by atoms with Crippen LogP contribution in [0.5, 0.6) is 0 Å². The molecule has 2 aromatic carbocycles. The molecule has 0 saturated carbocycles. The van der Waals surface area contributed by atoms with Gasteiger partial charge in [0.15, 0.2) is 0 Å². The van der Waals surface area contributed by atoms with Gasteiger partial charge in [0.05, 0.1) is 5.03 Å². The van der Waals surface area contributed by atoms with Gasteiger partial charge in [0, 0.05) is 398 Å². The smallest absolute Gasteiger partial charge is 0.237 e. The van der Waals surface area contributed by atoms with E-state index in [2.05, 4.69) is 108 Å². The molecule has 0 amide bonds. The van der Waals surface area contributed by atoms with Gasteiger partial charge in [-0.3, -0.25) is 21.3 Å². The van der Waals surface area contributed by atoms with E-state index in [9.17, 15) is 0 Å². The quantitative estimate of drug-likeness (QED) is 0.196. The largest absolute Gasteiger partial charge is 0.386 e. The maximum absolute atomic E-state index is 3.50. The number of hydrogen-bond acceptors (Lipinski definition) is 3. The molecular formula is C30H31N2S2W18-3. The minimum absolute atomic E-state index is 0. The molecule has 0 unspecified atom stereocenters. The summed E-state index contributed by atoms with van der Waals surface area (Å²) in [5.41, 5.74) is 9.97. The van der Waals surface area contributed by atoms with Crippen molar-refractivity contribution in [3.05, 3.63) is 79.9 Å². The van der Waals surface area contributed by atoms with E-state index < -0.39 is 0 Å². The summed E-state index contributed by atoms with van der Waals surface area (Å²) in [5, 5.41) is 2.53. The number of allylic oxidation sites excluding steroid dienone is 4. The average Bonchev–Trinajstić information content (AvgIpc) is 3.18. The number of anilines is 1.